The fourth-order valence-electron chi connectivity index (χ4n) is 5.60. The van der Waals surface area contributed by atoms with Crippen LogP contribution in [-0.2, 0) is 0 Å². The Labute approximate surface area is 259 Å². The third-order valence-electron chi connectivity index (χ3n) is 8.19. The van der Waals surface area contributed by atoms with Crippen LogP contribution >= 0.6 is 41.2 Å². The van der Waals surface area contributed by atoms with Gasteiger partial charge in [-0.3, -0.25) is 0 Å². The molecule has 0 aliphatic rings. The van der Waals surface area contributed by atoms with Crippen LogP contribution in [0.2, 0.25) is 0 Å². The van der Waals surface area contributed by atoms with Gasteiger partial charge >= 0.3 is 111 Å². The van der Waals surface area contributed by atoms with Crippen molar-refractivity contribution in [2.45, 2.75) is 158 Å². The van der Waals surface area contributed by atoms with Gasteiger partial charge in [-0.1, -0.05) is 53.4 Å². The van der Waals surface area contributed by atoms with Crippen molar-refractivity contribution < 1.29 is 4.48 Å². The number of nitrogens with zero attached hydrogens (tertiary/aromatic N) is 1. The van der Waals surface area contributed by atoms with Gasteiger partial charge in [0.1, 0.15) is 0 Å². The van der Waals surface area contributed by atoms with Crippen molar-refractivity contribution in [2.24, 2.45) is 0 Å². The first-order valence-corrected chi connectivity index (χ1v) is 19.2. The molecular formula is C32H78Br2N2P+. The molecule has 0 amide bonds. The number of hydrogen-bond acceptors (Lipinski definition) is 1. The van der Waals surface area contributed by atoms with Gasteiger partial charge in [0.25, 0.3) is 0 Å². The van der Waals surface area contributed by atoms with Crippen LogP contribution in [0, 0.1) is 0 Å². The van der Waals surface area contributed by atoms with Crippen LogP contribution in [0.4, 0.5) is 0 Å². The predicted molar refractivity (Wildman–Crippen MR) is 192 cm³/mol. The molecule has 2 nitrogen and oxygen atoms in total. The summed E-state index contributed by atoms with van der Waals surface area (Å²) in [5, 5.41) is 0. The number of unbranched alkanes of at least 4 members (excludes halogenated alkanes) is 8. The van der Waals surface area contributed by atoms with E-state index in [1.54, 1.807) is 24.6 Å². The van der Waals surface area contributed by atoms with E-state index in [-0.39, 0.29) is 40.1 Å². The standard InChI is InChI=1S/C16H36N.C16H37P.2BrH.H3N/c2*1-5-9-13-17(14-10-6-2,15-11-7-3)16-12-8-4;;;/h5-16H2,1-4H3;17H,5-16H2,1-4H3;2*1H;1H3/q+1;;;;. The fraction of sp³-hybridized carbons (Fsp3) is 1.00. The molecule has 0 saturated carbocycles. The number of quaternary nitrogens is 1. The van der Waals surface area contributed by atoms with Crippen molar-refractivity contribution in [3.63, 3.8) is 0 Å². The zero-order valence-electron chi connectivity index (χ0n) is 27.4. The van der Waals surface area contributed by atoms with E-state index in [1.165, 1.54) is 133 Å². The second-order valence-electron chi connectivity index (χ2n) is 11.6. The Bertz CT molecular complexity index is 286. The summed E-state index contributed by atoms with van der Waals surface area (Å²) in [6.07, 6.45) is 29.2. The van der Waals surface area contributed by atoms with Crippen LogP contribution in [0.1, 0.15) is 158 Å². The molecule has 37 heavy (non-hydrogen) atoms. The summed E-state index contributed by atoms with van der Waals surface area (Å²) < 4.78 is 1.42. The zero-order valence-corrected chi connectivity index (χ0v) is 31.9. The van der Waals surface area contributed by atoms with Gasteiger partial charge in [0.15, 0.2) is 0 Å². The van der Waals surface area contributed by atoms with Crippen LogP contribution < -0.4 is 6.15 Å². The molecule has 0 fully saturated rings. The molecular weight excluding hydrogens is 603 g/mol. The quantitative estimate of drug-likeness (QED) is 0.0799. The van der Waals surface area contributed by atoms with E-state index in [0.717, 1.165) is 0 Å². The summed E-state index contributed by atoms with van der Waals surface area (Å²) in [5.74, 6) is 0. The van der Waals surface area contributed by atoms with Gasteiger partial charge in [0.2, 0.25) is 0 Å². The molecule has 234 valence electrons. The van der Waals surface area contributed by atoms with E-state index in [4.69, 9.17) is 0 Å². The summed E-state index contributed by atoms with van der Waals surface area (Å²) in [7, 11) is -0.879. The molecule has 0 saturated heterocycles. The van der Waals surface area contributed by atoms with E-state index in [9.17, 15) is 0 Å². The molecule has 0 atom stereocenters. The average molecular weight is 682 g/mol. The topological polar surface area (TPSA) is 35.0 Å². The van der Waals surface area contributed by atoms with E-state index in [1.807, 2.05) is 0 Å². The number of hydrogen-bond donors (Lipinski definition) is 1. The van der Waals surface area contributed by atoms with E-state index >= 15 is 0 Å². The van der Waals surface area contributed by atoms with Crippen LogP contribution in [0.25, 0.3) is 0 Å². The molecule has 0 aromatic carbocycles. The monoisotopic (exact) mass is 679 g/mol. The fourth-order valence-corrected chi connectivity index (χ4v) is 11.5. The van der Waals surface area contributed by atoms with Gasteiger partial charge < -0.3 is 10.6 Å². The van der Waals surface area contributed by atoms with E-state index in [2.05, 4.69) is 55.4 Å². The van der Waals surface area contributed by atoms with Crippen molar-refractivity contribution in [3.8, 4) is 0 Å². The Hall–Kier alpha value is 1.31. The third kappa shape index (κ3) is 27.3. The molecule has 5 heteroatoms. The molecule has 0 aromatic rings. The minimum absolute atomic E-state index is 0. The van der Waals surface area contributed by atoms with Gasteiger partial charge in [-0.25, -0.2) is 0 Å². The van der Waals surface area contributed by atoms with Crippen LogP contribution in [0.15, 0.2) is 0 Å². The summed E-state index contributed by atoms with van der Waals surface area (Å²) in [6, 6.07) is 0. The van der Waals surface area contributed by atoms with Crippen LogP contribution in [0.3, 0.4) is 0 Å². The minimum Gasteiger partial charge on any atom is -0.344 e. The normalized spacial score (nSPS) is 11.5. The molecule has 0 bridgehead atoms. The van der Waals surface area contributed by atoms with Crippen molar-refractivity contribution in [2.75, 3.05) is 50.8 Å². The number of halogens is 2. The Morgan fingerprint density at radius 2 is 0.541 bits per heavy atom. The maximum absolute atomic E-state index is 2.36. The summed E-state index contributed by atoms with van der Waals surface area (Å²) >= 11 is 0. The molecule has 0 spiro atoms. The summed E-state index contributed by atoms with van der Waals surface area (Å²) in [6.45, 7) is 24.5. The largest absolute Gasteiger partial charge is 0.344 e. The second-order valence-corrected chi connectivity index (χ2v) is 16.6. The Morgan fingerprint density at radius 1 is 0.351 bits per heavy atom. The van der Waals surface area contributed by atoms with Gasteiger partial charge in [-0.15, -0.1) is 34.0 Å². The van der Waals surface area contributed by atoms with Gasteiger partial charge in [-0.05, 0) is 25.7 Å². The first-order chi connectivity index (χ1) is 16.5. The molecule has 0 unspecified atom stereocenters. The molecule has 0 aliphatic heterocycles. The van der Waals surface area contributed by atoms with Gasteiger partial charge in [-0.2, -0.15) is 0 Å². The first-order valence-electron chi connectivity index (χ1n) is 16.3. The molecule has 0 heterocycles. The molecule has 0 aromatic heterocycles. The van der Waals surface area contributed by atoms with Crippen molar-refractivity contribution in [1.82, 2.24) is 6.15 Å². The molecule has 0 rings (SSSR count). The summed E-state index contributed by atoms with van der Waals surface area (Å²) in [4.78, 5) is 0. The predicted octanol–water partition coefficient (Wildman–Crippen LogP) is 12.3. The smallest absolute Gasteiger partial charge is 0.344 e. The zero-order chi connectivity index (χ0) is 26.0. The van der Waals surface area contributed by atoms with Crippen LogP contribution in [-0.4, -0.2) is 55.3 Å². The van der Waals surface area contributed by atoms with Crippen molar-refractivity contribution in [3.05, 3.63) is 0 Å². The number of rotatable bonds is 24. The SMILES string of the molecule is Br.Br.CCCC[N+](CCCC)(CCCC)CCCC.CCCC[PH](CCCC)(CCCC)CCCC.N. The third-order valence-corrected chi connectivity index (χ3v) is 13.8. The maximum atomic E-state index is 2.36. The first kappa shape index (κ1) is 48.1. The van der Waals surface area contributed by atoms with E-state index in [0.29, 0.717) is 0 Å². The minimum atomic E-state index is -0.879. The van der Waals surface area contributed by atoms with Crippen LogP contribution in [0.5, 0.6) is 0 Å². The van der Waals surface area contributed by atoms with Crippen molar-refractivity contribution in [1.29, 1.82) is 0 Å². The average Bonchev–Trinajstić information content (AvgIpc) is 2.87. The Kier molecular flexibility index (Phi) is 45.9. The molecule has 0 aliphatic carbocycles. The Morgan fingerprint density at radius 3 is 0.703 bits per heavy atom. The van der Waals surface area contributed by atoms with Crippen molar-refractivity contribution >= 4 is 41.2 Å². The summed E-state index contributed by atoms with van der Waals surface area (Å²) in [5.41, 5.74) is 0. The van der Waals surface area contributed by atoms with E-state index < -0.39 is 7.26 Å². The Balaban J connectivity index is -0.000000171. The maximum Gasteiger partial charge on any atom is -0.344 e. The molecule has 3 N–H and O–H groups in total. The van der Waals surface area contributed by atoms with Gasteiger partial charge in [0.05, 0.1) is 26.2 Å². The van der Waals surface area contributed by atoms with Gasteiger partial charge in [0, 0.05) is 0 Å². The second kappa shape index (κ2) is 35.3. The molecule has 0 radical (unpaired) electrons.